The highest BCUT2D eigenvalue weighted by atomic mass is 32.2. The van der Waals surface area contributed by atoms with Gasteiger partial charge in [0.25, 0.3) is 0 Å². The summed E-state index contributed by atoms with van der Waals surface area (Å²) in [5.74, 6) is -0.560. The summed E-state index contributed by atoms with van der Waals surface area (Å²) in [6.07, 6.45) is 0. The van der Waals surface area contributed by atoms with Gasteiger partial charge in [-0.05, 0) is 23.3 Å². The summed E-state index contributed by atoms with van der Waals surface area (Å²) in [6.45, 7) is 0.939. The third-order valence-corrected chi connectivity index (χ3v) is 4.31. The highest BCUT2D eigenvalue weighted by Gasteiger charge is 2.10. The number of halogens is 1. The molecule has 0 bridgehead atoms. The van der Waals surface area contributed by atoms with E-state index in [-0.39, 0.29) is 24.7 Å². The fourth-order valence-corrected chi connectivity index (χ4v) is 3.01. The maximum atomic E-state index is 12.8. The van der Waals surface area contributed by atoms with Gasteiger partial charge in [0, 0.05) is 6.54 Å². The van der Waals surface area contributed by atoms with E-state index < -0.39 is 10.0 Å². The van der Waals surface area contributed by atoms with Crippen molar-refractivity contribution in [1.82, 2.24) is 4.72 Å². The van der Waals surface area contributed by atoms with E-state index >= 15 is 0 Å². The Morgan fingerprint density at radius 2 is 1.64 bits per heavy atom. The van der Waals surface area contributed by atoms with Crippen LogP contribution in [0.4, 0.5) is 4.39 Å². The number of ether oxygens (including phenoxy) is 1. The zero-order valence-corrected chi connectivity index (χ0v) is 12.9. The molecule has 0 aliphatic heterocycles. The lowest BCUT2D eigenvalue weighted by Gasteiger charge is -2.08. The molecule has 1 N–H and O–H groups in total. The van der Waals surface area contributed by atoms with Gasteiger partial charge in [0.05, 0.1) is 19.0 Å². The van der Waals surface area contributed by atoms with Crippen LogP contribution in [0.15, 0.2) is 54.6 Å². The standard InChI is InChI=1S/C16H18FNO3S/c17-16-8-6-15(7-9-16)13-22(19,20)18-10-11-21-12-14-4-2-1-3-5-14/h1-9,18H,10-13H2. The smallest absolute Gasteiger partial charge is 0.215 e. The van der Waals surface area contributed by atoms with Gasteiger partial charge >= 0.3 is 0 Å². The molecular formula is C16H18FNO3S. The number of hydrogen-bond donors (Lipinski definition) is 1. The lowest BCUT2D eigenvalue weighted by molar-refractivity contribution is 0.126. The summed E-state index contributed by atoms with van der Waals surface area (Å²) in [5.41, 5.74) is 1.58. The molecule has 2 aromatic rings. The van der Waals surface area contributed by atoms with Crippen molar-refractivity contribution in [3.8, 4) is 0 Å². The second-order valence-electron chi connectivity index (χ2n) is 4.82. The van der Waals surface area contributed by atoms with Gasteiger partial charge in [-0.25, -0.2) is 17.5 Å². The Balaban J connectivity index is 1.70. The van der Waals surface area contributed by atoms with Gasteiger partial charge in [-0.15, -0.1) is 0 Å². The van der Waals surface area contributed by atoms with Gasteiger partial charge in [-0.2, -0.15) is 0 Å². The second-order valence-corrected chi connectivity index (χ2v) is 6.62. The van der Waals surface area contributed by atoms with E-state index in [0.717, 1.165) is 5.56 Å². The Morgan fingerprint density at radius 1 is 0.955 bits per heavy atom. The molecule has 0 heterocycles. The Morgan fingerprint density at radius 3 is 2.32 bits per heavy atom. The summed E-state index contributed by atoms with van der Waals surface area (Å²) >= 11 is 0. The average molecular weight is 323 g/mol. The Labute approximate surface area is 130 Å². The van der Waals surface area contributed by atoms with E-state index in [0.29, 0.717) is 12.2 Å². The largest absolute Gasteiger partial charge is 0.375 e. The third-order valence-electron chi connectivity index (χ3n) is 2.95. The van der Waals surface area contributed by atoms with Crippen molar-refractivity contribution in [3.05, 3.63) is 71.5 Å². The predicted molar refractivity (Wildman–Crippen MR) is 83.1 cm³/mol. The topological polar surface area (TPSA) is 55.4 Å². The first-order valence-corrected chi connectivity index (χ1v) is 8.54. The molecule has 0 aromatic heterocycles. The van der Waals surface area contributed by atoms with Crippen LogP contribution < -0.4 is 4.72 Å². The average Bonchev–Trinajstić information content (AvgIpc) is 2.50. The molecule has 2 rings (SSSR count). The van der Waals surface area contributed by atoms with Crippen LogP contribution in [0.25, 0.3) is 0 Å². The minimum absolute atomic E-state index is 0.175. The van der Waals surface area contributed by atoms with Crippen LogP contribution in [-0.4, -0.2) is 21.6 Å². The lowest BCUT2D eigenvalue weighted by atomic mass is 10.2. The fourth-order valence-electron chi connectivity index (χ4n) is 1.88. The first-order chi connectivity index (χ1) is 10.6. The van der Waals surface area contributed by atoms with Crippen LogP contribution in [0.3, 0.4) is 0 Å². The van der Waals surface area contributed by atoms with Crippen LogP contribution in [0.1, 0.15) is 11.1 Å². The van der Waals surface area contributed by atoms with Crippen molar-refractivity contribution < 1.29 is 17.5 Å². The minimum Gasteiger partial charge on any atom is -0.375 e. The van der Waals surface area contributed by atoms with Gasteiger partial charge in [-0.1, -0.05) is 42.5 Å². The second kappa shape index (κ2) is 8.03. The zero-order valence-electron chi connectivity index (χ0n) is 12.0. The van der Waals surface area contributed by atoms with Gasteiger partial charge in [-0.3, -0.25) is 0 Å². The maximum absolute atomic E-state index is 12.8. The molecule has 0 radical (unpaired) electrons. The van der Waals surface area contributed by atoms with Crippen LogP contribution in [-0.2, 0) is 27.1 Å². The van der Waals surface area contributed by atoms with Gasteiger partial charge in [0.2, 0.25) is 10.0 Å². The first kappa shape index (κ1) is 16.6. The SMILES string of the molecule is O=S(=O)(Cc1ccc(F)cc1)NCCOCc1ccccc1. The van der Waals surface area contributed by atoms with Crippen molar-refractivity contribution in [2.75, 3.05) is 13.2 Å². The summed E-state index contributed by atoms with van der Waals surface area (Å²) in [6, 6.07) is 15.1. The molecule has 118 valence electrons. The van der Waals surface area contributed by atoms with Crippen LogP contribution in [0, 0.1) is 5.82 Å². The van der Waals surface area contributed by atoms with Crippen LogP contribution in [0.2, 0.25) is 0 Å². The molecule has 0 spiro atoms. The molecule has 0 amide bonds. The highest BCUT2D eigenvalue weighted by Crippen LogP contribution is 2.06. The van der Waals surface area contributed by atoms with Crippen molar-refractivity contribution >= 4 is 10.0 Å². The van der Waals surface area contributed by atoms with Crippen LogP contribution >= 0.6 is 0 Å². The number of hydrogen-bond acceptors (Lipinski definition) is 3. The highest BCUT2D eigenvalue weighted by molar-refractivity contribution is 7.88. The van der Waals surface area contributed by atoms with E-state index in [4.69, 9.17) is 4.74 Å². The maximum Gasteiger partial charge on any atom is 0.215 e. The molecular weight excluding hydrogens is 305 g/mol. The zero-order chi connectivity index (χ0) is 15.8. The van der Waals surface area contributed by atoms with E-state index in [1.807, 2.05) is 30.3 Å². The minimum atomic E-state index is -3.45. The van der Waals surface area contributed by atoms with Gasteiger partial charge in [0.1, 0.15) is 5.82 Å². The number of benzene rings is 2. The van der Waals surface area contributed by atoms with E-state index in [2.05, 4.69) is 4.72 Å². The Kier molecular flexibility index (Phi) is 6.06. The number of sulfonamides is 1. The molecule has 0 aliphatic carbocycles. The van der Waals surface area contributed by atoms with E-state index in [1.165, 1.54) is 24.3 Å². The summed E-state index contributed by atoms with van der Waals surface area (Å²) < 4.78 is 44.3. The van der Waals surface area contributed by atoms with Gasteiger partial charge < -0.3 is 4.74 Å². The Hall–Kier alpha value is -1.76. The molecule has 2 aromatic carbocycles. The van der Waals surface area contributed by atoms with Crippen LogP contribution in [0.5, 0.6) is 0 Å². The number of rotatable bonds is 8. The van der Waals surface area contributed by atoms with E-state index in [9.17, 15) is 12.8 Å². The molecule has 0 saturated heterocycles. The van der Waals surface area contributed by atoms with Crippen molar-refractivity contribution in [1.29, 1.82) is 0 Å². The molecule has 22 heavy (non-hydrogen) atoms. The van der Waals surface area contributed by atoms with Gasteiger partial charge in [0.15, 0.2) is 0 Å². The Bertz CT molecular complexity index is 672. The third kappa shape index (κ3) is 5.93. The molecule has 4 nitrogen and oxygen atoms in total. The molecule has 0 aliphatic rings. The molecule has 6 heteroatoms. The summed E-state index contributed by atoms with van der Waals surface area (Å²) in [4.78, 5) is 0. The van der Waals surface area contributed by atoms with Crippen molar-refractivity contribution in [2.24, 2.45) is 0 Å². The molecule has 0 unspecified atom stereocenters. The van der Waals surface area contributed by atoms with E-state index in [1.54, 1.807) is 0 Å². The number of nitrogens with one attached hydrogen (secondary N) is 1. The normalized spacial score (nSPS) is 11.5. The predicted octanol–water partition coefficient (Wildman–Crippen LogP) is 2.46. The fraction of sp³-hybridized carbons (Fsp3) is 0.250. The summed E-state index contributed by atoms with van der Waals surface area (Å²) in [7, 11) is -3.45. The van der Waals surface area contributed by atoms with Crippen molar-refractivity contribution in [3.63, 3.8) is 0 Å². The molecule has 0 fully saturated rings. The monoisotopic (exact) mass is 323 g/mol. The molecule has 0 atom stereocenters. The first-order valence-electron chi connectivity index (χ1n) is 6.89. The lowest BCUT2D eigenvalue weighted by Crippen LogP contribution is -2.28. The summed E-state index contributed by atoms with van der Waals surface area (Å²) in [5, 5.41) is 0. The quantitative estimate of drug-likeness (QED) is 0.759. The molecule has 0 saturated carbocycles. The van der Waals surface area contributed by atoms with Crippen molar-refractivity contribution in [2.45, 2.75) is 12.4 Å².